The predicted octanol–water partition coefficient (Wildman–Crippen LogP) is 1.28. The van der Waals surface area contributed by atoms with Gasteiger partial charge in [0, 0.05) is 25.5 Å². The summed E-state index contributed by atoms with van der Waals surface area (Å²) in [6.45, 7) is 2.08. The van der Waals surface area contributed by atoms with Crippen molar-refractivity contribution in [2.75, 3.05) is 30.9 Å². The highest BCUT2D eigenvalue weighted by molar-refractivity contribution is 7.90. The number of sulfone groups is 1. The third-order valence-corrected chi connectivity index (χ3v) is 6.06. The summed E-state index contributed by atoms with van der Waals surface area (Å²) in [6.07, 6.45) is 7.19. The maximum absolute atomic E-state index is 12.0. The fourth-order valence-electron chi connectivity index (χ4n) is 3.71. The molecule has 1 spiro atoms. The fraction of sp³-hybridized carbons (Fsp3) is 0.500. The molecule has 0 aliphatic carbocycles. The fourth-order valence-corrected chi connectivity index (χ4v) is 4.55. The summed E-state index contributed by atoms with van der Waals surface area (Å²) in [5.74, 6) is 0.537. The van der Waals surface area contributed by atoms with Crippen LogP contribution in [0.5, 0.6) is 0 Å². The first-order chi connectivity index (χ1) is 11.5. The van der Waals surface area contributed by atoms with Gasteiger partial charge in [0.25, 0.3) is 0 Å². The highest BCUT2D eigenvalue weighted by Gasteiger charge is 2.42. The number of H-pyrrole nitrogens is 1. The van der Waals surface area contributed by atoms with E-state index in [-0.39, 0.29) is 10.5 Å². The van der Waals surface area contributed by atoms with Gasteiger partial charge in [0.15, 0.2) is 9.84 Å². The second kappa shape index (κ2) is 5.56. The SMILES string of the molecule is CS(=O)(=O)c1cccnc1N1CCC2(CC1)OCCc1cn[nH]c12. The molecule has 1 fully saturated rings. The Morgan fingerprint density at radius 3 is 2.88 bits per heavy atom. The van der Waals surface area contributed by atoms with Crippen molar-refractivity contribution in [1.29, 1.82) is 0 Å². The van der Waals surface area contributed by atoms with E-state index in [0.717, 1.165) is 25.0 Å². The third kappa shape index (κ3) is 2.50. The topological polar surface area (TPSA) is 88.2 Å². The molecule has 2 aliphatic rings. The summed E-state index contributed by atoms with van der Waals surface area (Å²) in [5.41, 5.74) is 1.97. The van der Waals surface area contributed by atoms with Gasteiger partial charge < -0.3 is 9.64 Å². The van der Waals surface area contributed by atoms with Gasteiger partial charge in [0.05, 0.1) is 18.5 Å². The lowest BCUT2D eigenvalue weighted by molar-refractivity contribution is -0.0796. The van der Waals surface area contributed by atoms with Gasteiger partial charge in [-0.05, 0) is 37.0 Å². The molecule has 8 heteroatoms. The van der Waals surface area contributed by atoms with E-state index in [1.54, 1.807) is 18.3 Å². The number of nitrogens with one attached hydrogen (secondary N) is 1. The zero-order valence-corrected chi connectivity index (χ0v) is 14.3. The van der Waals surface area contributed by atoms with E-state index in [1.807, 2.05) is 11.1 Å². The number of hydrogen-bond acceptors (Lipinski definition) is 6. The average Bonchev–Trinajstić information content (AvgIpc) is 3.05. The number of aromatic nitrogens is 3. The second-order valence-corrected chi connectivity index (χ2v) is 8.43. The van der Waals surface area contributed by atoms with Crippen molar-refractivity contribution in [2.24, 2.45) is 0 Å². The van der Waals surface area contributed by atoms with Crippen molar-refractivity contribution in [2.45, 2.75) is 29.8 Å². The van der Waals surface area contributed by atoms with Crippen molar-refractivity contribution in [3.05, 3.63) is 35.8 Å². The first-order valence-electron chi connectivity index (χ1n) is 8.06. The van der Waals surface area contributed by atoms with Crippen LogP contribution in [-0.2, 0) is 26.6 Å². The predicted molar refractivity (Wildman–Crippen MR) is 88.7 cm³/mol. The van der Waals surface area contributed by atoms with Crippen LogP contribution < -0.4 is 4.90 Å². The lowest BCUT2D eigenvalue weighted by Gasteiger charge is -2.43. The second-order valence-electron chi connectivity index (χ2n) is 6.45. The van der Waals surface area contributed by atoms with Crippen LogP contribution in [0.4, 0.5) is 5.82 Å². The molecule has 2 aromatic heterocycles. The minimum absolute atomic E-state index is 0.285. The molecule has 4 heterocycles. The molecule has 0 amide bonds. The molecule has 24 heavy (non-hydrogen) atoms. The van der Waals surface area contributed by atoms with Crippen LogP contribution in [0.1, 0.15) is 24.1 Å². The van der Waals surface area contributed by atoms with Crippen molar-refractivity contribution in [3.8, 4) is 0 Å². The number of nitrogens with zero attached hydrogens (tertiary/aromatic N) is 3. The van der Waals surface area contributed by atoms with Gasteiger partial charge in [0.1, 0.15) is 16.3 Å². The number of fused-ring (bicyclic) bond motifs is 2. The molecule has 0 aromatic carbocycles. The summed E-state index contributed by atoms with van der Waals surface area (Å²) >= 11 is 0. The largest absolute Gasteiger partial charge is 0.368 e. The lowest BCUT2D eigenvalue weighted by atomic mass is 9.84. The molecule has 0 saturated carbocycles. The Morgan fingerprint density at radius 2 is 2.12 bits per heavy atom. The number of pyridine rings is 1. The van der Waals surface area contributed by atoms with Crippen LogP contribution in [-0.4, -0.2) is 49.6 Å². The summed E-state index contributed by atoms with van der Waals surface area (Å²) < 4.78 is 30.2. The van der Waals surface area contributed by atoms with E-state index in [1.165, 1.54) is 11.8 Å². The summed E-state index contributed by atoms with van der Waals surface area (Å²) in [5, 5.41) is 7.27. The van der Waals surface area contributed by atoms with E-state index in [0.29, 0.717) is 25.5 Å². The zero-order chi connectivity index (χ0) is 16.8. The van der Waals surface area contributed by atoms with Gasteiger partial charge in [0.2, 0.25) is 0 Å². The van der Waals surface area contributed by atoms with Gasteiger partial charge in [-0.1, -0.05) is 0 Å². The van der Waals surface area contributed by atoms with Crippen molar-refractivity contribution in [1.82, 2.24) is 15.2 Å². The van der Waals surface area contributed by atoms with E-state index < -0.39 is 9.84 Å². The number of aromatic amines is 1. The molecule has 0 atom stereocenters. The summed E-state index contributed by atoms with van der Waals surface area (Å²) in [6, 6.07) is 3.28. The molecule has 7 nitrogen and oxygen atoms in total. The van der Waals surface area contributed by atoms with Crippen LogP contribution in [0.2, 0.25) is 0 Å². The quantitative estimate of drug-likeness (QED) is 0.879. The Labute approximate surface area is 141 Å². The maximum Gasteiger partial charge on any atom is 0.179 e. The van der Waals surface area contributed by atoms with Crippen LogP contribution >= 0.6 is 0 Å². The smallest absolute Gasteiger partial charge is 0.179 e. The minimum atomic E-state index is -3.31. The van der Waals surface area contributed by atoms with Crippen LogP contribution in [0.15, 0.2) is 29.4 Å². The molecule has 4 rings (SSSR count). The van der Waals surface area contributed by atoms with E-state index >= 15 is 0 Å². The highest BCUT2D eigenvalue weighted by atomic mass is 32.2. The van der Waals surface area contributed by atoms with E-state index in [9.17, 15) is 8.42 Å². The van der Waals surface area contributed by atoms with Gasteiger partial charge in [-0.3, -0.25) is 5.10 Å². The van der Waals surface area contributed by atoms with Gasteiger partial charge in [-0.25, -0.2) is 13.4 Å². The number of rotatable bonds is 2. The van der Waals surface area contributed by atoms with Crippen molar-refractivity contribution in [3.63, 3.8) is 0 Å². The minimum Gasteiger partial charge on any atom is -0.368 e. The summed E-state index contributed by atoms with van der Waals surface area (Å²) in [4.78, 5) is 6.64. The monoisotopic (exact) mass is 348 g/mol. The molecule has 2 aromatic rings. The molecule has 1 saturated heterocycles. The lowest BCUT2D eigenvalue weighted by Crippen LogP contribution is -2.47. The Kier molecular flexibility index (Phi) is 3.61. The van der Waals surface area contributed by atoms with Crippen molar-refractivity contribution < 1.29 is 13.2 Å². The highest BCUT2D eigenvalue weighted by Crippen LogP contribution is 2.41. The molecule has 0 radical (unpaired) electrons. The number of piperidine rings is 1. The molecular weight excluding hydrogens is 328 g/mol. The Morgan fingerprint density at radius 1 is 1.33 bits per heavy atom. The van der Waals surface area contributed by atoms with Gasteiger partial charge in [-0.15, -0.1) is 0 Å². The number of anilines is 1. The number of ether oxygens (including phenoxy) is 1. The molecular formula is C16H20N4O3S. The first-order valence-corrected chi connectivity index (χ1v) is 9.95. The Bertz CT molecular complexity index is 854. The number of hydrogen-bond donors (Lipinski definition) is 1. The van der Waals surface area contributed by atoms with Crippen molar-refractivity contribution >= 4 is 15.7 Å². The van der Waals surface area contributed by atoms with Crippen LogP contribution in [0, 0.1) is 0 Å². The Balaban J connectivity index is 1.61. The van der Waals surface area contributed by atoms with E-state index in [4.69, 9.17) is 4.74 Å². The van der Waals surface area contributed by atoms with Gasteiger partial charge in [-0.2, -0.15) is 5.10 Å². The molecule has 2 aliphatic heterocycles. The zero-order valence-electron chi connectivity index (χ0n) is 13.5. The van der Waals surface area contributed by atoms with Gasteiger partial charge >= 0.3 is 0 Å². The third-order valence-electron chi connectivity index (χ3n) is 4.94. The maximum atomic E-state index is 12.0. The normalized spacial score (nSPS) is 20.1. The molecule has 1 N–H and O–H groups in total. The van der Waals surface area contributed by atoms with Crippen LogP contribution in [0.25, 0.3) is 0 Å². The molecule has 0 bridgehead atoms. The average molecular weight is 348 g/mol. The van der Waals surface area contributed by atoms with E-state index in [2.05, 4.69) is 15.2 Å². The standard InChI is InChI=1S/C16H20N4O3S/c1-24(21,22)13-3-2-7-17-15(13)20-8-5-16(6-9-20)14-12(4-10-23-16)11-18-19-14/h2-3,7,11H,4-6,8-10H2,1H3,(H,18,19). The first kappa shape index (κ1) is 15.6. The summed E-state index contributed by atoms with van der Waals surface area (Å²) in [7, 11) is -3.31. The van der Waals surface area contributed by atoms with Crippen LogP contribution in [0.3, 0.4) is 0 Å². The molecule has 128 valence electrons. The Hall–Kier alpha value is -1.93. The molecule has 0 unspecified atom stereocenters.